The first-order valence-corrected chi connectivity index (χ1v) is 8.95. The van der Waals surface area contributed by atoms with Crippen molar-refractivity contribution in [1.82, 2.24) is 0 Å². The van der Waals surface area contributed by atoms with Crippen LogP contribution in [0.5, 0.6) is 0 Å². The molecule has 20 heavy (non-hydrogen) atoms. The second-order valence-electron chi connectivity index (χ2n) is 6.63. The van der Waals surface area contributed by atoms with Crippen LogP contribution < -0.4 is 0 Å². The summed E-state index contributed by atoms with van der Waals surface area (Å²) >= 11 is 0. The van der Waals surface area contributed by atoms with Gasteiger partial charge >= 0.3 is 0 Å². The van der Waals surface area contributed by atoms with Crippen LogP contribution in [0.3, 0.4) is 0 Å². The Hall–Kier alpha value is -0.300. The number of rotatable bonds is 15. The van der Waals surface area contributed by atoms with E-state index in [0.717, 1.165) is 12.8 Å². The SMILES string of the molecule is C=CC[C@@](C)(O)CCCCCCCCCCCCCC. The summed E-state index contributed by atoms with van der Waals surface area (Å²) in [7, 11) is 0. The fourth-order valence-electron chi connectivity index (χ4n) is 2.76. The van der Waals surface area contributed by atoms with E-state index in [1.165, 1.54) is 70.6 Å². The van der Waals surface area contributed by atoms with Gasteiger partial charge in [0.15, 0.2) is 0 Å². The maximum Gasteiger partial charge on any atom is 0.0653 e. The van der Waals surface area contributed by atoms with E-state index in [1.54, 1.807) is 0 Å². The highest BCUT2D eigenvalue weighted by Crippen LogP contribution is 2.19. The summed E-state index contributed by atoms with van der Waals surface area (Å²) in [6.07, 6.45) is 19.9. The van der Waals surface area contributed by atoms with Gasteiger partial charge in [-0.25, -0.2) is 0 Å². The van der Waals surface area contributed by atoms with Crippen LogP contribution in [0.25, 0.3) is 0 Å². The van der Waals surface area contributed by atoms with Gasteiger partial charge in [-0.15, -0.1) is 6.58 Å². The molecule has 0 unspecified atom stereocenters. The van der Waals surface area contributed by atoms with E-state index in [4.69, 9.17) is 0 Å². The molecular weight excluding hydrogens is 244 g/mol. The molecule has 0 amide bonds. The van der Waals surface area contributed by atoms with Gasteiger partial charge in [0, 0.05) is 0 Å². The van der Waals surface area contributed by atoms with Crippen molar-refractivity contribution >= 4 is 0 Å². The maximum atomic E-state index is 10.0. The zero-order valence-electron chi connectivity index (χ0n) is 14.1. The van der Waals surface area contributed by atoms with Crippen LogP contribution in [-0.4, -0.2) is 10.7 Å². The Morgan fingerprint density at radius 3 is 1.60 bits per heavy atom. The molecule has 0 aromatic carbocycles. The minimum Gasteiger partial charge on any atom is -0.390 e. The molecule has 0 aliphatic carbocycles. The molecule has 1 N–H and O–H groups in total. The highest BCUT2D eigenvalue weighted by Gasteiger charge is 2.16. The van der Waals surface area contributed by atoms with Crippen molar-refractivity contribution in [3.63, 3.8) is 0 Å². The lowest BCUT2D eigenvalue weighted by molar-refractivity contribution is 0.0512. The summed E-state index contributed by atoms with van der Waals surface area (Å²) in [5.41, 5.74) is -0.528. The molecule has 0 aromatic heterocycles. The highest BCUT2D eigenvalue weighted by atomic mass is 16.3. The lowest BCUT2D eigenvalue weighted by Crippen LogP contribution is -2.22. The first kappa shape index (κ1) is 19.7. The van der Waals surface area contributed by atoms with Crippen molar-refractivity contribution < 1.29 is 5.11 Å². The van der Waals surface area contributed by atoms with E-state index in [-0.39, 0.29) is 0 Å². The number of aliphatic hydroxyl groups is 1. The van der Waals surface area contributed by atoms with E-state index < -0.39 is 5.60 Å². The highest BCUT2D eigenvalue weighted by molar-refractivity contribution is 4.82. The van der Waals surface area contributed by atoms with Crippen LogP contribution in [0.4, 0.5) is 0 Å². The Morgan fingerprint density at radius 2 is 1.20 bits per heavy atom. The summed E-state index contributed by atoms with van der Waals surface area (Å²) in [4.78, 5) is 0. The topological polar surface area (TPSA) is 20.2 Å². The van der Waals surface area contributed by atoms with Crippen molar-refractivity contribution in [1.29, 1.82) is 0 Å². The van der Waals surface area contributed by atoms with Crippen molar-refractivity contribution in [2.24, 2.45) is 0 Å². The van der Waals surface area contributed by atoms with Gasteiger partial charge in [-0.1, -0.05) is 90.0 Å². The van der Waals surface area contributed by atoms with E-state index in [1.807, 2.05) is 13.0 Å². The first-order chi connectivity index (χ1) is 9.62. The van der Waals surface area contributed by atoms with E-state index in [9.17, 15) is 5.11 Å². The average molecular weight is 283 g/mol. The van der Waals surface area contributed by atoms with Crippen LogP contribution >= 0.6 is 0 Å². The second kappa shape index (κ2) is 13.7. The largest absolute Gasteiger partial charge is 0.390 e. The zero-order valence-corrected chi connectivity index (χ0v) is 14.1. The predicted molar refractivity (Wildman–Crippen MR) is 91.1 cm³/mol. The van der Waals surface area contributed by atoms with Crippen molar-refractivity contribution in [3.8, 4) is 0 Å². The molecule has 0 radical (unpaired) electrons. The molecule has 0 fully saturated rings. The van der Waals surface area contributed by atoms with Crippen molar-refractivity contribution in [2.75, 3.05) is 0 Å². The third-order valence-corrected chi connectivity index (χ3v) is 4.15. The summed E-state index contributed by atoms with van der Waals surface area (Å²) in [5.74, 6) is 0. The summed E-state index contributed by atoms with van der Waals surface area (Å²) in [6.45, 7) is 7.89. The predicted octanol–water partition coefficient (Wildman–Crippen LogP) is 6.40. The molecule has 1 nitrogen and oxygen atoms in total. The van der Waals surface area contributed by atoms with Crippen LogP contribution in [0.1, 0.15) is 104 Å². The average Bonchev–Trinajstić information content (AvgIpc) is 2.40. The molecule has 0 aromatic rings. The molecule has 1 heteroatoms. The lowest BCUT2D eigenvalue weighted by Gasteiger charge is -2.21. The first-order valence-electron chi connectivity index (χ1n) is 8.95. The van der Waals surface area contributed by atoms with Gasteiger partial charge < -0.3 is 5.11 Å². The standard InChI is InChI=1S/C19H38O/c1-4-6-7-8-9-10-11-12-13-14-15-16-18-19(3,20)17-5-2/h5,20H,2,4,6-18H2,1,3H3/t19-/m1/s1. The van der Waals surface area contributed by atoms with Gasteiger partial charge in [0.05, 0.1) is 5.60 Å². The molecule has 120 valence electrons. The van der Waals surface area contributed by atoms with Crippen LogP contribution in [0.15, 0.2) is 12.7 Å². The smallest absolute Gasteiger partial charge is 0.0653 e. The molecule has 0 aliphatic rings. The maximum absolute atomic E-state index is 10.0. The quantitative estimate of drug-likeness (QED) is 0.272. The van der Waals surface area contributed by atoms with Crippen LogP contribution in [-0.2, 0) is 0 Å². The molecule has 0 heterocycles. The van der Waals surface area contributed by atoms with E-state index in [2.05, 4.69) is 13.5 Å². The van der Waals surface area contributed by atoms with E-state index in [0.29, 0.717) is 6.42 Å². The second-order valence-corrected chi connectivity index (χ2v) is 6.63. The summed E-state index contributed by atoms with van der Waals surface area (Å²) < 4.78 is 0. The number of hydrogen-bond acceptors (Lipinski definition) is 1. The Balaban J connectivity index is 3.15. The lowest BCUT2D eigenvalue weighted by atomic mass is 9.94. The zero-order chi connectivity index (χ0) is 15.1. The Labute approximate surface area is 127 Å². The summed E-state index contributed by atoms with van der Waals surface area (Å²) in [5, 5.41) is 10.0. The third-order valence-electron chi connectivity index (χ3n) is 4.15. The van der Waals surface area contributed by atoms with Crippen LogP contribution in [0.2, 0.25) is 0 Å². The number of hydrogen-bond donors (Lipinski definition) is 1. The van der Waals surface area contributed by atoms with Gasteiger partial charge in [-0.3, -0.25) is 0 Å². The van der Waals surface area contributed by atoms with Crippen molar-refractivity contribution in [2.45, 2.75) is 109 Å². The van der Waals surface area contributed by atoms with E-state index >= 15 is 0 Å². The minimum atomic E-state index is -0.528. The normalized spacial score (nSPS) is 14.2. The van der Waals surface area contributed by atoms with Crippen molar-refractivity contribution in [3.05, 3.63) is 12.7 Å². The molecular formula is C19H38O. The number of unbranched alkanes of at least 4 members (excludes halogenated alkanes) is 11. The van der Waals surface area contributed by atoms with Gasteiger partial charge in [0.2, 0.25) is 0 Å². The molecule has 0 saturated heterocycles. The minimum absolute atomic E-state index is 0.528. The third kappa shape index (κ3) is 14.1. The monoisotopic (exact) mass is 282 g/mol. The molecule has 0 aliphatic heterocycles. The van der Waals surface area contributed by atoms with Gasteiger partial charge in [0.1, 0.15) is 0 Å². The molecule has 0 saturated carbocycles. The fraction of sp³-hybridized carbons (Fsp3) is 0.895. The van der Waals surface area contributed by atoms with Gasteiger partial charge in [-0.05, 0) is 19.8 Å². The Bertz CT molecular complexity index is 208. The fourth-order valence-corrected chi connectivity index (χ4v) is 2.76. The summed E-state index contributed by atoms with van der Waals surface area (Å²) in [6, 6.07) is 0. The Kier molecular flexibility index (Phi) is 13.5. The molecule has 0 bridgehead atoms. The van der Waals surface area contributed by atoms with Gasteiger partial charge in [0.25, 0.3) is 0 Å². The molecule has 1 atom stereocenters. The Morgan fingerprint density at radius 1 is 0.800 bits per heavy atom. The van der Waals surface area contributed by atoms with Gasteiger partial charge in [-0.2, -0.15) is 0 Å². The van der Waals surface area contributed by atoms with Crippen LogP contribution in [0, 0.1) is 0 Å². The molecule has 0 rings (SSSR count). The molecule has 0 spiro atoms.